The first-order valence-electron chi connectivity index (χ1n) is 5.80. The van der Waals surface area contributed by atoms with E-state index >= 15 is 0 Å². The summed E-state index contributed by atoms with van der Waals surface area (Å²) in [5.74, 6) is 0.411. The zero-order chi connectivity index (χ0) is 12.3. The first kappa shape index (κ1) is 12.5. The SMILES string of the molecule is CC1CCNCC1NC(=O)c1ccc(Br)cn1. The van der Waals surface area contributed by atoms with Crippen LogP contribution in [0.15, 0.2) is 22.8 Å². The molecule has 2 N–H and O–H groups in total. The molecule has 1 saturated heterocycles. The van der Waals surface area contributed by atoms with Gasteiger partial charge in [-0.2, -0.15) is 0 Å². The van der Waals surface area contributed by atoms with Crippen molar-refractivity contribution in [3.8, 4) is 0 Å². The van der Waals surface area contributed by atoms with E-state index in [4.69, 9.17) is 0 Å². The highest BCUT2D eigenvalue weighted by atomic mass is 79.9. The summed E-state index contributed by atoms with van der Waals surface area (Å²) in [5, 5.41) is 6.31. The molecule has 92 valence electrons. The normalized spacial score (nSPS) is 24.4. The van der Waals surface area contributed by atoms with E-state index in [9.17, 15) is 4.79 Å². The fourth-order valence-corrected chi connectivity index (χ4v) is 2.17. The number of piperidine rings is 1. The van der Waals surface area contributed by atoms with Crippen molar-refractivity contribution in [2.75, 3.05) is 13.1 Å². The number of aromatic nitrogens is 1. The summed E-state index contributed by atoms with van der Waals surface area (Å²) >= 11 is 3.30. The molecule has 4 nitrogen and oxygen atoms in total. The number of hydrogen-bond donors (Lipinski definition) is 2. The van der Waals surface area contributed by atoms with E-state index < -0.39 is 0 Å². The third-order valence-corrected chi connectivity index (χ3v) is 3.57. The zero-order valence-corrected chi connectivity index (χ0v) is 11.3. The largest absolute Gasteiger partial charge is 0.346 e. The monoisotopic (exact) mass is 297 g/mol. The minimum Gasteiger partial charge on any atom is -0.346 e. The third kappa shape index (κ3) is 3.26. The average molecular weight is 298 g/mol. The average Bonchev–Trinajstić information content (AvgIpc) is 2.33. The number of nitrogens with zero attached hydrogens (tertiary/aromatic N) is 1. The van der Waals surface area contributed by atoms with Crippen molar-refractivity contribution in [1.29, 1.82) is 0 Å². The van der Waals surface area contributed by atoms with Gasteiger partial charge in [-0.05, 0) is 46.9 Å². The molecule has 1 fully saturated rings. The molecule has 2 rings (SSSR count). The highest BCUT2D eigenvalue weighted by Gasteiger charge is 2.23. The molecule has 0 aromatic carbocycles. The molecule has 1 aromatic rings. The molecule has 1 aromatic heterocycles. The Morgan fingerprint density at radius 3 is 3.06 bits per heavy atom. The van der Waals surface area contributed by atoms with Gasteiger partial charge in [0.1, 0.15) is 5.69 Å². The summed E-state index contributed by atoms with van der Waals surface area (Å²) in [5.41, 5.74) is 0.464. The van der Waals surface area contributed by atoms with Crippen molar-refractivity contribution in [2.45, 2.75) is 19.4 Å². The quantitative estimate of drug-likeness (QED) is 0.871. The maximum atomic E-state index is 12.0. The molecule has 0 saturated carbocycles. The Morgan fingerprint density at radius 2 is 2.41 bits per heavy atom. The van der Waals surface area contributed by atoms with Crippen LogP contribution in [0.2, 0.25) is 0 Å². The zero-order valence-electron chi connectivity index (χ0n) is 9.74. The fraction of sp³-hybridized carbons (Fsp3) is 0.500. The lowest BCUT2D eigenvalue weighted by molar-refractivity contribution is 0.0910. The van der Waals surface area contributed by atoms with Gasteiger partial charge in [-0.1, -0.05) is 6.92 Å². The van der Waals surface area contributed by atoms with Gasteiger partial charge >= 0.3 is 0 Å². The summed E-state index contributed by atoms with van der Waals surface area (Å²) < 4.78 is 0.877. The van der Waals surface area contributed by atoms with E-state index in [1.165, 1.54) is 0 Å². The van der Waals surface area contributed by atoms with Crippen molar-refractivity contribution < 1.29 is 4.79 Å². The van der Waals surface area contributed by atoms with E-state index in [1.807, 2.05) is 6.07 Å². The maximum Gasteiger partial charge on any atom is 0.270 e. The summed E-state index contributed by atoms with van der Waals surface area (Å²) in [7, 11) is 0. The van der Waals surface area contributed by atoms with Gasteiger partial charge in [0.15, 0.2) is 0 Å². The minimum atomic E-state index is -0.0990. The Hall–Kier alpha value is -0.940. The van der Waals surface area contributed by atoms with Crippen LogP contribution < -0.4 is 10.6 Å². The van der Waals surface area contributed by atoms with E-state index in [0.717, 1.165) is 24.0 Å². The van der Waals surface area contributed by atoms with Gasteiger partial charge in [0.2, 0.25) is 0 Å². The Balaban J connectivity index is 1.98. The second-order valence-electron chi connectivity index (χ2n) is 4.41. The molecule has 0 aliphatic carbocycles. The van der Waals surface area contributed by atoms with Crippen LogP contribution in [0.1, 0.15) is 23.8 Å². The van der Waals surface area contributed by atoms with Crippen LogP contribution in [0.4, 0.5) is 0 Å². The van der Waals surface area contributed by atoms with Crippen LogP contribution in [-0.4, -0.2) is 30.0 Å². The standard InChI is InChI=1S/C12H16BrN3O/c1-8-4-5-14-7-11(8)16-12(17)10-3-2-9(13)6-15-10/h2-3,6,8,11,14H,4-5,7H2,1H3,(H,16,17). The second-order valence-corrected chi connectivity index (χ2v) is 5.33. The summed E-state index contributed by atoms with van der Waals surface area (Å²) in [6, 6.07) is 3.74. The third-order valence-electron chi connectivity index (χ3n) is 3.10. The highest BCUT2D eigenvalue weighted by molar-refractivity contribution is 9.10. The fourth-order valence-electron chi connectivity index (χ4n) is 1.94. The molecule has 0 spiro atoms. The van der Waals surface area contributed by atoms with Gasteiger partial charge in [0.25, 0.3) is 5.91 Å². The molecule has 0 radical (unpaired) electrons. The predicted octanol–water partition coefficient (Wildman–Crippen LogP) is 1.57. The maximum absolute atomic E-state index is 12.0. The molecule has 2 atom stereocenters. The van der Waals surface area contributed by atoms with E-state index in [0.29, 0.717) is 11.6 Å². The molecular formula is C12H16BrN3O. The molecule has 2 unspecified atom stereocenters. The number of carbonyl (C=O) groups excluding carboxylic acids is 1. The summed E-state index contributed by atoms with van der Waals surface area (Å²) in [6.07, 6.45) is 2.73. The first-order valence-corrected chi connectivity index (χ1v) is 6.59. The first-order chi connectivity index (χ1) is 8.16. The molecule has 17 heavy (non-hydrogen) atoms. The number of halogens is 1. The van der Waals surface area contributed by atoms with E-state index in [2.05, 4.69) is 38.5 Å². The van der Waals surface area contributed by atoms with Crippen LogP contribution in [0.5, 0.6) is 0 Å². The molecule has 5 heteroatoms. The number of pyridine rings is 1. The molecule has 1 amide bonds. The number of carbonyl (C=O) groups is 1. The van der Waals surface area contributed by atoms with Gasteiger partial charge in [0, 0.05) is 23.3 Å². The topological polar surface area (TPSA) is 54.0 Å². The summed E-state index contributed by atoms with van der Waals surface area (Å²) in [4.78, 5) is 16.0. The molecular weight excluding hydrogens is 282 g/mol. The van der Waals surface area contributed by atoms with E-state index in [1.54, 1.807) is 12.3 Å². The lowest BCUT2D eigenvalue weighted by atomic mass is 9.95. The van der Waals surface area contributed by atoms with Gasteiger partial charge in [0.05, 0.1) is 0 Å². The number of nitrogens with one attached hydrogen (secondary N) is 2. The number of rotatable bonds is 2. The van der Waals surface area contributed by atoms with Gasteiger partial charge in [-0.25, -0.2) is 4.98 Å². The van der Waals surface area contributed by atoms with Crippen molar-refractivity contribution in [3.63, 3.8) is 0 Å². The van der Waals surface area contributed by atoms with Crippen molar-refractivity contribution in [3.05, 3.63) is 28.5 Å². The van der Waals surface area contributed by atoms with Crippen LogP contribution in [-0.2, 0) is 0 Å². The highest BCUT2D eigenvalue weighted by Crippen LogP contribution is 2.12. The van der Waals surface area contributed by atoms with Crippen LogP contribution in [0.25, 0.3) is 0 Å². The van der Waals surface area contributed by atoms with Crippen LogP contribution in [0, 0.1) is 5.92 Å². The van der Waals surface area contributed by atoms with Gasteiger partial charge in [-0.15, -0.1) is 0 Å². The minimum absolute atomic E-state index is 0.0990. The Bertz CT molecular complexity index is 393. The van der Waals surface area contributed by atoms with Crippen molar-refractivity contribution in [2.24, 2.45) is 5.92 Å². The van der Waals surface area contributed by atoms with Crippen LogP contribution >= 0.6 is 15.9 Å². The molecule has 2 heterocycles. The van der Waals surface area contributed by atoms with E-state index in [-0.39, 0.29) is 11.9 Å². The Kier molecular flexibility index (Phi) is 4.12. The lowest BCUT2D eigenvalue weighted by Crippen LogP contribution is -2.50. The van der Waals surface area contributed by atoms with Crippen LogP contribution in [0.3, 0.4) is 0 Å². The summed E-state index contributed by atoms with van der Waals surface area (Å²) in [6.45, 7) is 4.04. The van der Waals surface area contributed by atoms with Gasteiger partial charge in [-0.3, -0.25) is 4.79 Å². The van der Waals surface area contributed by atoms with Gasteiger partial charge < -0.3 is 10.6 Å². The smallest absolute Gasteiger partial charge is 0.270 e. The van der Waals surface area contributed by atoms with Crippen molar-refractivity contribution in [1.82, 2.24) is 15.6 Å². The molecule has 0 bridgehead atoms. The Morgan fingerprint density at radius 1 is 1.59 bits per heavy atom. The predicted molar refractivity (Wildman–Crippen MR) is 69.8 cm³/mol. The number of hydrogen-bond acceptors (Lipinski definition) is 3. The molecule has 1 aliphatic rings. The van der Waals surface area contributed by atoms with Crippen molar-refractivity contribution >= 4 is 21.8 Å². The molecule has 1 aliphatic heterocycles. The Labute approximate surface area is 109 Å². The second kappa shape index (κ2) is 5.60. The number of amides is 1. The lowest BCUT2D eigenvalue weighted by Gasteiger charge is -2.30.